The molecule has 2 aromatic heterocycles. The van der Waals surface area contributed by atoms with Crippen molar-refractivity contribution in [2.24, 2.45) is 0 Å². The van der Waals surface area contributed by atoms with Crippen molar-refractivity contribution in [3.05, 3.63) is 52.8 Å². The van der Waals surface area contributed by atoms with Gasteiger partial charge in [-0.2, -0.15) is 4.98 Å². The first-order chi connectivity index (χ1) is 15.0. The Labute approximate surface area is 186 Å². The normalized spacial score (nSPS) is 14.7. The number of hydrogen-bond acceptors (Lipinski definition) is 6. The highest BCUT2D eigenvalue weighted by Gasteiger charge is 2.23. The Morgan fingerprint density at radius 3 is 2.71 bits per heavy atom. The largest absolute Gasteiger partial charge is 0.336 e. The van der Waals surface area contributed by atoms with Gasteiger partial charge in [-0.15, -0.1) is 17.4 Å². The molecule has 1 aliphatic rings. The molecule has 1 fully saturated rings. The molecule has 7 nitrogen and oxygen atoms in total. The summed E-state index contributed by atoms with van der Waals surface area (Å²) in [6.07, 6.45) is 6.11. The number of piperazine rings is 1. The van der Waals surface area contributed by atoms with E-state index in [0.29, 0.717) is 16.7 Å². The van der Waals surface area contributed by atoms with Crippen LogP contribution < -0.4 is 0 Å². The fourth-order valence-corrected chi connectivity index (χ4v) is 4.60. The van der Waals surface area contributed by atoms with Crippen LogP contribution in [0.25, 0.3) is 5.78 Å². The zero-order chi connectivity index (χ0) is 21.8. The molecule has 1 saturated heterocycles. The molecule has 0 saturated carbocycles. The van der Waals surface area contributed by atoms with Crippen LogP contribution in [-0.2, 0) is 5.75 Å². The number of terminal acetylenes is 1. The lowest BCUT2D eigenvalue weighted by molar-refractivity contribution is 0.0639. The van der Waals surface area contributed by atoms with E-state index in [1.807, 2.05) is 49.1 Å². The second kappa shape index (κ2) is 9.50. The van der Waals surface area contributed by atoms with Crippen LogP contribution in [0, 0.1) is 26.2 Å². The van der Waals surface area contributed by atoms with Crippen LogP contribution in [0.15, 0.2) is 35.5 Å². The minimum atomic E-state index is 0.0869. The number of fused-ring (bicyclic) bond motifs is 1. The van der Waals surface area contributed by atoms with Gasteiger partial charge in [-0.05, 0) is 31.5 Å². The van der Waals surface area contributed by atoms with Crippen molar-refractivity contribution >= 4 is 23.4 Å². The van der Waals surface area contributed by atoms with E-state index in [9.17, 15) is 4.79 Å². The first-order valence-corrected chi connectivity index (χ1v) is 11.4. The number of rotatable bonds is 6. The molecule has 0 atom stereocenters. The third-order valence-electron chi connectivity index (χ3n) is 5.44. The Bertz CT molecular complexity index is 1130. The highest BCUT2D eigenvalue weighted by atomic mass is 32.2. The molecule has 3 aromatic rings. The number of thioether (sulfide) groups is 1. The minimum absolute atomic E-state index is 0.0869. The summed E-state index contributed by atoms with van der Waals surface area (Å²) < 4.78 is 1.76. The lowest BCUT2D eigenvalue weighted by Crippen LogP contribution is -2.48. The number of amides is 1. The van der Waals surface area contributed by atoms with Gasteiger partial charge in [0.1, 0.15) is 0 Å². The molecule has 4 rings (SSSR count). The maximum absolute atomic E-state index is 13.2. The van der Waals surface area contributed by atoms with E-state index in [1.165, 1.54) is 11.8 Å². The van der Waals surface area contributed by atoms with Crippen molar-refractivity contribution in [2.75, 3.05) is 32.7 Å². The highest BCUT2D eigenvalue weighted by molar-refractivity contribution is 7.98. The van der Waals surface area contributed by atoms with Crippen LogP contribution >= 0.6 is 11.8 Å². The molecule has 160 valence electrons. The second-order valence-corrected chi connectivity index (χ2v) is 8.62. The molecule has 0 N–H and O–H groups in total. The van der Waals surface area contributed by atoms with Gasteiger partial charge in [0.2, 0.25) is 5.16 Å². The fourth-order valence-electron chi connectivity index (χ4n) is 3.77. The molecule has 1 aliphatic heterocycles. The van der Waals surface area contributed by atoms with E-state index in [1.54, 1.807) is 4.52 Å². The molecule has 1 aromatic carbocycles. The van der Waals surface area contributed by atoms with E-state index in [0.717, 1.165) is 61.7 Å². The first kappa shape index (κ1) is 21.3. The van der Waals surface area contributed by atoms with Crippen LogP contribution in [0.1, 0.15) is 33.7 Å². The molecular weight excluding hydrogens is 408 g/mol. The number of aryl methyl sites for hydroxylation is 2. The maximum atomic E-state index is 13.2. The van der Waals surface area contributed by atoms with Crippen LogP contribution in [0.5, 0.6) is 0 Å². The molecule has 0 bridgehead atoms. The number of nitrogens with zero attached hydrogens (tertiary/aromatic N) is 6. The highest BCUT2D eigenvalue weighted by Crippen LogP contribution is 2.24. The van der Waals surface area contributed by atoms with Crippen LogP contribution in [0.3, 0.4) is 0 Å². The zero-order valence-corrected chi connectivity index (χ0v) is 18.7. The summed E-state index contributed by atoms with van der Waals surface area (Å²) in [7, 11) is 0. The quantitative estimate of drug-likeness (QED) is 0.439. The number of carbonyl (C=O) groups is 1. The van der Waals surface area contributed by atoms with Gasteiger partial charge in [-0.1, -0.05) is 30.0 Å². The van der Waals surface area contributed by atoms with Crippen LogP contribution in [-0.4, -0.2) is 68.0 Å². The second-order valence-electron chi connectivity index (χ2n) is 7.68. The maximum Gasteiger partial charge on any atom is 0.254 e. The van der Waals surface area contributed by atoms with E-state index < -0.39 is 0 Å². The molecule has 31 heavy (non-hydrogen) atoms. The number of hydrogen-bond donors (Lipinski definition) is 0. The van der Waals surface area contributed by atoms with Gasteiger partial charge in [0.25, 0.3) is 11.7 Å². The van der Waals surface area contributed by atoms with Gasteiger partial charge in [0.05, 0.1) is 0 Å². The monoisotopic (exact) mass is 434 g/mol. The summed E-state index contributed by atoms with van der Waals surface area (Å²) in [6.45, 7) is 8.01. The van der Waals surface area contributed by atoms with E-state index in [-0.39, 0.29) is 5.91 Å². The van der Waals surface area contributed by atoms with Crippen molar-refractivity contribution in [3.63, 3.8) is 0 Å². The molecule has 0 spiro atoms. The van der Waals surface area contributed by atoms with Crippen molar-refractivity contribution in [1.29, 1.82) is 0 Å². The summed E-state index contributed by atoms with van der Waals surface area (Å²) in [5, 5.41) is 5.21. The fraction of sp³-hybridized carbons (Fsp3) is 0.391. The number of benzene rings is 1. The van der Waals surface area contributed by atoms with E-state index >= 15 is 0 Å². The van der Waals surface area contributed by atoms with Gasteiger partial charge in [-0.25, -0.2) is 9.50 Å². The van der Waals surface area contributed by atoms with Gasteiger partial charge in [-0.3, -0.25) is 9.69 Å². The topological polar surface area (TPSA) is 66.6 Å². The molecule has 8 heteroatoms. The van der Waals surface area contributed by atoms with Crippen molar-refractivity contribution in [1.82, 2.24) is 29.4 Å². The third-order valence-corrected chi connectivity index (χ3v) is 6.32. The van der Waals surface area contributed by atoms with E-state index in [2.05, 4.69) is 25.9 Å². The van der Waals surface area contributed by atoms with Crippen LogP contribution in [0.4, 0.5) is 0 Å². The predicted octanol–water partition coefficient (Wildman–Crippen LogP) is 2.81. The van der Waals surface area contributed by atoms with Gasteiger partial charge in [0.15, 0.2) is 0 Å². The summed E-state index contributed by atoms with van der Waals surface area (Å²) in [6, 6.07) is 9.79. The standard InChI is InChI=1S/C23H26N6OS/c1-4-5-10-27-11-13-28(14-12-27)21(30)20-9-7-6-8-19(20)16-31-23-25-22-24-17(2)15-18(3)29(22)26-23/h1,6-9,15H,5,10-14,16H2,2-3H3. The Morgan fingerprint density at radius 2 is 1.94 bits per heavy atom. The Morgan fingerprint density at radius 1 is 1.16 bits per heavy atom. The lowest BCUT2D eigenvalue weighted by atomic mass is 10.1. The summed E-state index contributed by atoms with van der Waals surface area (Å²) in [4.78, 5) is 26.4. The number of aromatic nitrogens is 4. The third kappa shape index (κ3) is 4.89. The zero-order valence-electron chi connectivity index (χ0n) is 17.9. The van der Waals surface area contributed by atoms with E-state index in [4.69, 9.17) is 6.42 Å². The predicted molar refractivity (Wildman–Crippen MR) is 122 cm³/mol. The van der Waals surface area contributed by atoms with Crippen molar-refractivity contribution in [3.8, 4) is 12.3 Å². The summed E-state index contributed by atoms with van der Waals surface area (Å²) in [5.41, 5.74) is 3.66. The smallest absolute Gasteiger partial charge is 0.254 e. The SMILES string of the molecule is C#CCCN1CCN(C(=O)c2ccccc2CSc2nc3nc(C)cc(C)n3n2)CC1. The summed E-state index contributed by atoms with van der Waals surface area (Å²) in [5.74, 6) is 4.00. The van der Waals surface area contributed by atoms with Crippen molar-refractivity contribution < 1.29 is 4.79 Å². The van der Waals surface area contributed by atoms with Gasteiger partial charge in [0, 0.05) is 61.8 Å². The van der Waals surface area contributed by atoms with Gasteiger partial charge < -0.3 is 4.90 Å². The average molecular weight is 435 g/mol. The molecule has 3 heterocycles. The molecule has 0 unspecified atom stereocenters. The Kier molecular flexibility index (Phi) is 6.54. The molecular formula is C23H26N6OS. The molecule has 0 aliphatic carbocycles. The Balaban J connectivity index is 1.44. The lowest BCUT2D eigenvalue weighted by Gasteiger charge is -2.34. The van der Waals surface area contributed by atoms with Gasteiger partial charge >= 0.3 is 0 Å². The Hall–Kier alpha value is -2.89. The molecule has 1 amide bonds. The first-order valence-electron chi connectivity index (χ1n) is 10.4. The average Bonchev–Trinajstić information content (AvgIpc) is 3.19. The summed E-state index contributed by atoms with van der Waals surface area (Å²) >= 11 is 1.52. The van der Waals surface area contributed by atoms with Crippen LogP contribution in [0.2, 0.25) is 0 Å². The number of carbonyl (C=O) groups excluding carboxylic acids is 1. The van der Waals surface area contributed by atoms with Crippen molar-refractivity contribution in [2.45, 2.75) is 31.2 Å². The molecule has 0 radical (unpaired) electrons. The minimum Gasteiger partial charge on any atom is -0.336 e.